The molecule has 1 N–H and O–H groups in total. The molecule has 2 aliphatic heterocycles. The minimum absolute atomic E-state index is 0.0170. The molecule has 7 heteroatoms. The molecule has 0 saturated carbocycles. The van der Waals surface area contributed by atoms with Crippen LogP contribution in [0.1, 0.15) is 52.4 Å². The quantitative estimate of drug-likeness (QED) is 0.657. The van der Waals surface area contributed by atoms with Crippen LogP contribution >= 0.6 is 0 Å². The number of carbonyl (C=O) groups excluding carboxylic acids is 1. The monoisotopic (exact) mass is 373 g/mol. The standard InChI is InChI=1S/C18H35N3O3S/c1-3-13-25(23,24)21-12-5-8-17(15-21)18(22)19-9-6-11-20-10-4-7-16(2)14-20/h16-17H,3-15H2,1-2H3,(H,19,22). The van der Waals surface area contributed by atoms with E-state index in [2.05, 4.69) is 17.1 Å². The Kier molecular flexibility index (Phi) is 8.16. The zero-order chi connectivity index (χ0) is 18.3. The van der Waals surface area contributed by atoms with E-state index in [1.165, 1.54) is 30.2 Å². The van der Waals surface area contributed by atoms with Gasteiger partial charge < -0.3 is 10.2 Å². The molecule has 0 aromatic rings. The van der Waals surface area contributed by atoms with Crippen molar-refractivity contribution in [1.82, 2.24) is 14.5 Å². The van der Waals surface area contributed by atoms with E-state index in [4.69, 9.17) is 0 Å². The summed E-state index contributed by atoms with van der Waals surface area (Å²) < 4.78 is 25.9. The second kappa shape index (κ2) is 9.88. The highest BCUT2D eigenvalue weighted by atomic mass is 32.2. The molecule has 25 heavy (non-hydrogen) atoms. The van der Waals surface area contributed by atoms with E-state index < -0.39 is 10.0 Å². The summed E-state index contributed by atoms with van der Waals surface area (Å²) in [6.07, 6.45) is 5.73. The first-order valence-corrected chi connectivity index (χ1v) is 11.5. The van der Waals surface area contributed by atoms with Gasteiger partial charge in [0.05, 0.1) is 11.7 Å². The third-order valence-electron chi connectivity index (χ3n) is 5.30. The van der Waals surface area contributed by atoms with E-state index in [9.17, 15) is 13.2 Å². The summed E-state index contributed by atoms with van der Waals surface area (Å²) in [7, 11) is -3.20. The van der Waals surface area contributed by atoms with Crippen LogP contribution < -0.4 is 5.32 Å². The summed E-state index contributed by atoms with van der Waals surface area (Å²) >= 11 is 0. The van der Waals surface area contributed by atoms with Gasteiger partial charge in [0, 0.05) is 26.2 Å². The fourth-order valence-electron chi connectivity index (χ4n) is 3.94. The first-order valence-electron chi connectivity index (χ1n) is 9.90. The van der Waals surface area contributed by atoms with E-state index in [1.807, 2.05) is 6.92 Å². The van der Waals surface area contributed by atoms with Crippen molar-refractivity contribution in [3.63, 3.8) is 0 Å². The fourth-order valence-corrected chi connectivity index (χ4v) is 5.53. The second-order valence-electron chi connectivity index (χ2n) is 7.71. The maximum absolute atomic E-state index is 12.4. The van der Waals surface area contributed by atoms with E-state index in [-0.39, 0.29) is 17.6 Å². The van der Waals surface area contributed by atoms with E-state index >= 15 is 0 Å². The number of sulfonamides is 1. The maximum atomic E-state index is 12.4. The highest BCUT2D eigenvalue weighted by Crippen LogP contribution is 2.20. The molecule has 6 nitrogen and oxygen atoms in total. The minimum atomic E-state index is -3.20. The van der Waals surface area contributed by atoms with Gasteiger partial charge in [-0.15, -0.1) is 0 Å². The summed E-state index contributed by atoms with van der Waals surface area (Å²) in [6, 6.07) is 0. The molecule has 2 aliphatic rings. The second-order valence-corrected chi connectivity index (χ2v) is 9.79. The molecule has 0 aliphatic carbocycles. The topological polar surface area (TPSA) is 69.7 Å². The van der Waals surface area contributed by atoms with Crippen LogP contribution in [0.25, 0.3) is 0 Å². The zero-order valence-corrected chi connectivity index (χ0v) is 16.7. The zero-order valence-electron chi connectivity index (χ0n) is 15.9. The number of rotatable bonds is 8. The fraction of sp³-hybridized carbons (Fsp3) is 0.944. The Balaban J connectivity index is 1.69. The van der Waals surface area contributed by atoms with Crippen molar-refractivity contribution in [2.45, 2.75) is 52.4 Å². The Morgan fingerprint density at radius 1 is 1.16 bits per heavy atom. The van der Waals surface area contributed by atoms with Crippen LogP contribution in [0, 0.1) is 11.8 Å². The van der Waals surface area contributed by atoms with Crippen molar-refractivity contribution < 1.29 is 13.2 Å². The molecule has 2 unspecified atom stereocenters. The summed E-state index contributed by atoms with van der Waals surface area (Å²) in [6.45, 7) is 9.13. The van der Waals surface area contributed by atoms with Crippen molar-refractivity contribution in [2.24, 2.45) is 11.8 Å². The van der Waals surface area contributed by atoms with Gasteiger partial charge in [-0.3, -0.25) is 4.79 Å². The Labute approximate surface area is 153 Å². The number of amides is 1. The molecule has 0 spiro atoms. The molecule has 0 aromatic heterocycles. The smallest absolute Gasteiger partial charge is 0.224 e. The van der Waals surface area contributed by atoms with E-state index in [0.717, 1.165) is 31.7 Å². The van der Waals surface area contributed by atoms with Gasteiger partial charge in [-0.2, -0.15) is 0 Å². The van der Waals surface area contributed by atoms with Crippen molar-refractivity contribution in [2.75, 3.05) is 45.0 Å². The van der Waals surface area contributed by atoms with Gasteiger partial charge in [0.15, 0.2) is 0 Å². The molecule has 146 valence electrons. The van der Waals surface area contributed by atoms with Crippen LogP contribution in [0.2, 0.25) is 0 Å². The highest BCUT2D eigenvalue weighted by molar-refractivity contribution is 7.89. The Bertz CT molecular complexity index is 524. The van der Waals surface area contributed by atoms with Gasteiger partial charge in [-0.1, -0.05) is 13.8 Å². The van der Waals surface area contributed by atoms with Gasteiger partial charge in [-0.05, 0) is 57.5 Å². The first kappa shape index (κ1) is 20.6. The van der Waals surface area contributed by atoms with Crippen molar-refractivity contribution >= 4 is 15.9 Å². The summed E-state index contributed by atoms with van der Waals surface area (Å²) in [5.41, 5.74) is 0. The average molecular weight is 374 g/mol. The molecule has 2 rings (SSSR count). The molecule has 1 amide bonds. The molecular weight excluding hydrogens is 338 g/mol. The summed E-state index contributed by atoms with van der Waals surface area (Å²) in [5, 5.41) is 3.02. The third kappa shape index (κ3) is 6.53. The van der Waals surface area contributed by atoms with Crippen LogP contribution in [0.15, 0.2) is 0 Å². The Hall–Kier alpha value is -0.660. The predicted octanol–water partition coefficient (Wildman–Crippen LogP) is 1.68. The molecule has 2 atom stereocenters. The lowest BCUT2D eigenvalue weighted by Gasteiger charge is -2.32. The van der Waals surface area contributed by atoms with Crippen molar-refractivity contribution in [1.29, 1.82) is 0 Å². The number of carbonyl (C=O) groups is 1. The number of nitrogens with zero attached hydrogens (tertiary/aromatic N) is 2. The molecular formula is C18H35N3O3S. The Morgan fingerprint density at radius 3 is 2.64 bits per heavy atom. The number of nitrogens with one attached hydrogen (secondary N) is 1. The predicted molar refractivity (Wildman–Crippen MR) is 101 cm³/mol. The SMILES string of the molecule is CCCS(=O)(=O)N1CCCC(C(=O)NCCCN2CCCC(C)C2)C1. The normalized spacial score (nSPS) is 26.5. The van der Waals surface area contributed by atoms with Gasteiger partial charge in [0.1, 0.15) is 0 Å². The van der Waals surface area contributed by atoms with E-state index in [1.54, 1.807) is 0 Å². The molecule has 2 heterocycles. The van der Waals surface area contributed by atoms with E-state index in [0.29, 0.717) is 26.1 Å². The molecule has 0 radical (unpaired) electrons. The van der Waals surface area contributed by atoms with Crippen LogP contribution in [0.4, 0.5) is 0 Å². The van der Waals surface area contributed by atoms with Crippen LogP contribution in [-0.2, 0) is 14.8 Å². The first-order chi connectivity index (χ1) is 11.9. The molecule has 0 bridgehead atoms. The van der Waals surface area contributed by atoms with Gasteiger partial charge in [0.25, 0.3) is 0 Å². The van der Waals surface area contributed by atoms with Crippen molar-refractivity contribution in [3.05, 3.63) is 0 Å². The lowest BCUT2D eigenvalue weighted by molar-refractivity contribution is -0.126. The molecule has 0 aromatic carbocycles. The molecule has 2 saturated heterocycles. The Morgan fingerprint density at radius 2 is 1.92 bits per heavy atom. The summed E-state index contributed by atoms with van der Waals surface area (Å²) in [5.74, 6) is 0.774. The van der Waals surface area contributed by atoms with Crippen LogP contribution in [0.5, 0.6) is 0 Å². The van der Waals surface area contributed by atoms with Crippen LogP contribution in [0.3, 0.4) is 0 Å². The van der Waals surface area contributed by atoms with Gasteiger partial charge in [-0.25, -0.2) is 12.7 Å². The third-order valence-corrected chi connectivity index (χ3v) is 7.34. The number of likely N-dealkylation sites (tertiary alicyclic amines) is 1. The minimum Gasteiger partial charge on any atom is -0.356 e. The number of piperidine rings is 2. The van der Waals surface area contributed by atoms with Gasteiger partial charge in [0.2, 0.25) is 15.9 Å². The van der Waals surface area contributed by atoms with Crippen molar-refractivity contribution in [3.8, 4) is 0 Å². The van der Waals surface area contributed by atoms with Gasteiger partial charge >= 0.3 is 0 Å². The highest BCUT2D eigenvalue weighted by Gasteiger charge is 2.31. The maximum Gasteiger partial charge on any atom is 0.224 e. The van der Waals surface area contributed by atoms with Crippen LogP contribution in [-0.4, -0.2) is 68.6 Å². The lowest BCUT2D eigenvalue weighted by atomic mass is 9.99. The number of hydrogen-bond donors (Lipinski definition) is 1. The largest absolute Gasteiger partial charge is 0.356 e. The lowest BCUT2D eigenvalue weighted by Crippen LogP contribution is -2.46. The summed E-state index contributed by atoms with van der Waals surface area (Å²) in [4.78, 5) is 14.9. The average Bonchev–Trinajstić information content (AvgIpc) is 2.59. The molecule has 2 fully saturated rings. The number of hydrogen-bond acceptors (Lipinski definition) is 4.